The molecule has 0 aromatic heterocycles. The fourth-order valence-corrected chi connectivity index (χ4v) is 5.18. The number of carbonyl (C=O) groups is 1. The third kappa shape index (κ3) is 6.43. The lowest BCUT2D eigenvalue weighted by Gasteiger charge is -2.12. The molecule has 0 fully saturated rings. The molecule has 4 aromatic carbocycles. The van der Waals surface area contributed by atoms with Crippen molar-refractivity contribution in [1.29, 1.82) is 0 Å². The molecule has 0 spiro atoms. The van der Waals surface area contributed by atoms with Crippen molar-refractivity contribution in [3.05, 3.63) is 96.4 Å². The Kier molecular flexibility index (Phi) is 7.86. The zero-order valence-corrected chi connectivity index (χ0v) is 22.3. The average Bonchev–Trinajstić information content (AvgIpc) is 2.89. The van der Waals surface area contributed by atoms with Crippen LogP contribution in [0.5, 0.6) is 5.75 Å². The topological polar surface area (TPSA) is 195 Å². The first-order chi connectivity index (χ1) is 18.8. The summed E-state index contributed by atoms with van der Waals surface area (Å²) in [5.74, 6) is -1.69. The Bertz CT molecular complexity index is 1880. The van der Waals surface area contributed by atoms with Crippen LogP contribution in [0.2, 0.25) is 0 Å². The fraction of sp³-hybridized carbons (Fsp3) is 0.0385. The van der Waals surface area contributed by atoms with Crippen LogP contribution in [-0.2, 0) is 24.9 Å². The highest BCUT2D eigenvalue weighted by Crippen LogP contribution is 2.32. The van der Waals surface area contributed by atoms with Gasteiger partial charge in [-0.05, 0) is 60.8 Å². The lowest BCUT2D eigenvalue weighted by molar-refractivity contribution is -0.113. The minimum Gasteiger partial charge on any atom is -0.510 e. The second-order valence-electron chi connectivity index (χ2n) is 8.37. The van der Waals surface area contributed by atoms with E-state index in [-0.39, 0.29) is 21.2 Å². The third-order valence-corrected chi connectivity index (χ3v) is 7.71. The van der Waals surface area contributed by atoms with Gasteiger partial charge < -0.3 is 15.5 Å². The van der Waals surface area contributed by atoms with Crippen molar-refractivity contribution in [2.24, 2.45) is 10.2 Å². The summed E-state index contributed by atoms with van der Waals surface area (Å²) in [4.78, 5) is 11.9. The van der Waals surface area contributed by atoms with Gasteiger partial charge in [-0.3, -0.25) is 14.1 Å². The number of phenolic OH excluding ortho intramolecular Hbond substituents is 1. The molecule has 5 N–H and O–H groups in total. The van der Waals surface area contributed by atoms with Crippen molar-refractivity contribution in [3.63, 3.8) is 0 Å². The number of rotatable bonds is 8. The molecule has 12 nitrogen and oxygen atoms in total. The molecule has 206 valence electrons. The van der Waals surface area contributed by atoms with Gasteiger partial charge in [-0.1, -0.05) is 36.4 Å². The molecule has 0 heterocycles. The van der Waals surface area contributed by atoms with E-state index in [9.17, 15) is 36.4 Å². The van der Waals surface area contributed by atoms with Crippen molar-refractivity contribution in [1.82, 2.24) is 0 Å². The summed E-state index contributed by atoms with van der Waals surface area (Å²) in [6.07, 6.45) is 0. The Morgan fingerprint density at radius 1 is 0.850 bits per heavy atom. The molecular weight excluding hydrogens is 560 g/mol. The molecule has 0 radical (unpaired) electrons. The highest BCUT2D eigenvalue weighted by atomic mass is 32.2. The Hall–Kier alpha value is -4.79. The number of hydrogen-bond donors (Lipinski definition) is 5. The summed E-state index contributed by atoms with van der Waals surface area (Å²) in [5.41, 5.74) is -0.208. The number of hydrogen-bond acceptors (Lipinski definition) is 9. The van der Waals surface area contributed by atoms with E-state index < -0.39 is 43.3 Å². The fourth-order valence-electron chi connectivity index (χ4n) is 3.56. The van der Waals surface area contributed by atoms with Crippen LogP contribution in [0.1, 0.15) is 6.92 Å². The Balaban J connectivity index is 1.62. The monoisotopic (exact) mass is 582 g/mol. The number of aliphatic hydroxyl groups excluding tert-OH is 1. The number of phenols is 1. The number of amides is 1. The number of para-hydroxylation sites is 1. The Morgan fingerprint density at radius 2 is 1.55 bits per heavy atom. The van der Waals surface area contributed by atoms with Crippen LogP contribution in [0, 0.1) is 0 Å². The number of nitrogens with one attached hydrogen (secondary N) is 2. The van der Waals surface area contributed by atoms with E-state index in [0.717, 1.165) is 24.3 Å². The molecule has 0 atom stereocenters. The number of carbonyl (C=O) groups excluding carboxylic acids is 1. The zero-order chi connectivity index (χ0) is 29.1. The summed E-state index contributed by atoms with van der Waals surface area (Å²) in [6.45, 7) is 1.21. The maximum atomic E-state index is 13.2. The molecule has 0 saturated heterocycles. The van der Waals surface area contributed by atoms with Gasteiger partial charge in [-0.2, -0.15) is 8.42 Å². The van der Waals surface area contributed by atoms with Crippen LogP contribution >= 0.6 is 0 Å². The largest absolute Gasteiger partial charge is 0.510 e. The lowest BCUT2D eigenvalue weighted by atomic mass is 10.1. The van der Waals surface area contributed by atoms with Crippen molar-refractivity contribution < 1.29 is 36.4 Å². The summed E-state index contributed by atoms with van der Waals surface area (Å²) < 4.78 is 61.0. The number of allylic oxidation sites excluding steroid dienone is 1. The Labute approximate surface area is 229 Å². The minimum atomic E-state index is -4.46. The second-order valence-corrected chi connectivity index (χ2v) is 11.5. The van der Waals surface area contributed by atoms with E-state index in [4.69, 9.17) is 0 Å². The number of azo groups is 1. The standard InChI is InChI=1S/C26H22N4O8S2/c1-16(31)25(26(33)27-18-7-3-2-4-8-18)29-28-23-15-19(11-13-24(23)32)39(34,35)30-22-9-5-6-17-14-20(40(36,37)38)10-12-21(17)22/h2-15,30-32H,1H3,(H,27,33)(H,36,37,38). The molecule has 14 heteroatoms. The van der Waals surface area contributed by atoms with Gasteiger partial charge in [0.2, 0.25) is 0 Å². The normalized spacial score (nSPS) is 12.8. The number of fused-ring (bicyclic) bond motifs is 1. The number of benzene rings is 4. The van der Waals surface area contributed by atoms with Gasteiger partial charge in [0.05, 0.1) is 15.5 Å². The van der Waals surface area contributed by atoms with E-state index in [1.54, 1.807) is 36.4 Å². The maximum absolute atomic E-state index is 13.2. The van der Waals surface area contributed by atoms with E-state index in [0.29, 0.717) is 16.5 Å². The van der Waals surface area contributed by atoms with Crippen LogP contribution in [0.3, 0.4) is 0 Å². The number of anilines is 2. The van der Waals surface area contributed by atoms with E-state index >= 15 is 0 Å². The quantitative estimate of drug-likeness (QED) is 0.0818. The van der Waals surface area contributed by atoms with Crippen LogP contribution in [0.4, 0.5) is 17.1 Å². The van der Waals surface area contributed by atoms with Gasteiger partial charge in [-0.25, -0.2) is 8.42 Å². The van der Waals surface area contributed by atoms with Crippen LogP contribution in [-0.4, -0.2) is 37.5 Å². The number of aromatic hydroxyl groups is 1. The molecule has 0 unspecified atom stereocenters. The lowest BCUT2D eigenvalue weighted by Crippen LogP contribution is -2.14. The first-order valence-electron chi connectivity index (χ1n) is 11.4. The molecule has 0 bridgehead atoms. The van der Waals surface area contributed by atoms with E-state index in [1.165, 1.54) is 31.2 Å². The third-order valence-electron chi connectivity index (χ3n) is 5.50. The van der Waals surface area contributed by atoms with Gasteiger partial charge in [0.1, 0.15) is 17.2 Å². The minimum absolute atomic E-state index is 0.120. The molecule has 1 amide bonds. The SMILES string of the molecule is CC(O)=C(N=Nc1cc(S(=O)(=O)Nc2cccc3cc(S(=O)(=O)O)ccc23)ccc1O)C(=O)Nc1ccccc1. The molecule has 40 heavy (non-hydrogen) atoms. The predicted octanol–water partition coefficient (Wildman–Crippen LogP) is 5.10. The molecular formula is C26H22N4O8S2. The molecule has 0 aliphatic heterocycles. The van der Waals surface area contributed by atoms with E-state index in [2.05, 4.69) is 20.3 Å². The average molecular weight is 583 g/mol. The number of sulfonamides is 1. The summed E-state index contributed by atoms with van der Waals surface area (Å²) in [6, 6.07) is 19.8. The van der Waals surface area contributed by atoms with Gasteiger partial charge >= 0.3 is 0 Å². The smallest absolute Gasteiger partial charge is 0.294 e. The van der Waals surface area contributed by atoms with Crippen LogP contribution in [0.15, 0.2) is 116 Å². The highest BCUT2D eigenvalue weighted by Gasteiger charge is 2.19. The summed E-state index contributed by atoms with van der Waals surface area (Å²) >= 11 is 0. The molecule has 0 saturated carbocycles. The molecule has 4 aromatic rings. The number of aliphatic hydroxyl groups is 1. The molecule has 0 aliphatic rings. The first kappa shape index (κ1) is 28.2. The van der Waals surface area contributed by atoms with Crippen molar-refractivity contribution in [2.45, 2.75) is 16.7 Å². The number of nitrogens with zero attached hydrogens (tertiary/aromatic N) is 2. The molecule has 4 rings (SSSR count). The van der Waals surface area contributed by atoms with Crippen LogP contribution < -0.4 is 10.0 Å². The van der Waals surface area contributed by atoms with Crippen LogP contribution in [0.25, 0.3) is 10.8 Å². The van der Waals surface area contributed by atoms with Gasteiger partial charge in [0.25, 0.3) is 26.0 Å². The maximum Gasteiger partial charge on any atom is 0.294 e. The predicted molar refractivity (Wildman–Crippen MR) is 148 cm³/mol. The van der Waals surface area contributed by atoms with Crippen molar-refractivity contribution in [3.8, 4) is 5.75 Å². The van der Waals surface area contributed by atoms with Gasteiger partial charge in [0.15, 0.2) is 5.70 Å². The summed E-state index contributed by atoms with van der Waals surface area (Å²) in [7, 11) is -8.72. The second kappa shape index (κ2) is 11.1. The Morgan fingerprint density at radius 3 is 2.23 bits per heavy atom. The van der Waals surface area contributed by atoms with E-state index in [1.807, 2.05) is 0 Å². The first-order valence-corrected chi connectivity index (χ1v) is 14.3. The van der Waals surface area contributed by atoms with Crippen molar-refractivity contribution in [2.75, 3.05) is 10.0 Å². The molecule has 0 aliphatic carbocycles. The zero-order valence-electron chi connectivity index (χ0n) is 20.7. The highest BCUT2D eigenvalue weighted by molar-refractivity contribution is 7.92. The summed E-state index contributed by atoms with van der Waals surface area (Å²) in [5, 5.41) is 30.9. The van der Waals surface area contributed by atoms with Crippen molar-refractivity contribution >= 4 is 53.9 Å². The van der Waals surface area contributed by atoms with Gasteiger partial charge in [-0.15, -0.1) is 10.2 Å². The van der Waals surface area contributed by atoms with Gasteiger partial charge in [0, 0.05) is 11.1 Å².